The fourth-order valence-corrected chi connectivity index (χ4v) is 1.15. The first-order chi connectivity index (χ1) is 7.33. The number of carbonyl (C=O) groups is 1. The zero-order valence-electron chi connectivity index (χ0n) is 8.86. The maximum Gasteiger partial charge on any atom is 0.189 e. The van der Waals surface area contributed by atoms with Gasteiger partial charge in [-0.3, -0.25) is 4.79 Å². The number of hydrogen-bond donors (Lipinski definition) is 0. The minimum Gasteiger partial charge on any atom is -0.492 e. The van der Waals surface area contributed by atoms with E-state index in [0.29, 0.717) is 23.7 Å². The number of rotatable bonds is 6. The van der Waals surface area contributed by atoms with Gasteiger partial charge in [-0.15, -0.1) is 0 Å². The van der Waals surface area contributed by atoms with Crippen LogP contribution in [0.2, 0.25) is 0 Å². The van der Waals surface area contributed by atoms with Crippen LogP contribution in [-0.2, 0) is 4.74 Å². The molecule has 4 nitrogen and oxygen atoms in total. The van der Waals surface area contributed by atoms with Gasteiger partial charge in [0.05, 0.1) is 12.7 Å². The molecule has 0 N–H and O–H groups in total. The van der Waals surface area contributed by atoms with Gasteiger partial charge < -0.3 is 14.2 Å². The fraction of sp³-hybridized carbons (Fsp3) is 0.364. The van der Waals surface area contributed by atoms with Crippen molar-refractivity contribution in [3.8, 4) is 11.5 Å². The summed E-state index contributed by atoms with van der Waals surface area (Å²) in [5, 5.41) is 0. The molecule has 0 aliphatic rings. The van der Waals surface area contributed by atoms with Crippen LogP contribution in [0.15, 0.2) is 18.2 Å². The normalized spacial score (nSPS) is 9.73. The third-order valence-electron chi connectivity index (χ3n) is 1.84. The molecule has 0 heterocycles. The zero-order chi connectivity index (χ0) is 11.1. The molecule has 1 aromatic rings. The maximum absolute atomic E-state index is 10.7. The Labute approximate surface area is 88.8 Å². The van der Waals surface area contributed by atoms with Crippen LogP contribution in [0.5, 0.6) is 11.5 Å². The summed E-state index contributed by atoms with van der Waals surface area (Å²) in [5.41, 5.74) is 0.464. The van der Waals surface area contributed by atoms with Crippen LogP contribution in [0.3, 0.4) is 0 Å². The van der Waals surface area contributed by atoms with Crippen LogP contribution in [-0.4, -0.2) is 26.8 Å². The predicted molar refractivity (Wildman–Crippen MR) is 55.5 cm³/mol. The largest absolute Gasteiger partial charge is 0.492 e. The van der Waals surface area contributed by atoms with Crippen LogP contribution in [0.1, 0.15) is 17.3 Å². The molecule has 0 amide bonds. The summed E-state index contributed by atoms with van der Waals surface area (Å²) in [5.74, 6) is 0.947. The Morgan fingerprint density at radius 1 is 1.40 bits per heavy atom. The first-order valence-corrected chi connectivity index (χ1v) is 4.66. The van der Waals surface area contributed by atoms with Gasteiger partial charge >= 0.3 is 0 Å². The lowest BCUT2D eigenvalue weighted by Gasteiger charge is -2.11. The number of methoxy groups -OCH3 is 1. The van der Waals surface area contributed by atoms with Crippen LogP contribution < -0.4 is 9.47 Å². The molecule has 0 saturated carbocycles. The second-order valence-electron chi connectivity index (χ2n) is 2.75. The molecule has 0 saturated heterocycles. The van der Waals surface area contributed by atoms with Crippen molar-refractivity contribution < 1.29 is 19.0 Å². The van der Waals surface area contributed by atoms with Crippen molar-refractivity contribution in [3.63, 3.8) is 0 Å². The van der Waals surface area contributed by atoms with E-state index in [-0.39, 0.29) is 6.79 Å². The van der Waals surface area contributed by atoms with E-state index in [1.54, 1.807) is 18.2 Å². The molecule has 1 aromatic carbocycles. The van der Waals surface area contributed by atoms with Gasteiger partial charge in [0.25, 0.3) is 0 Å². The van der Waals surface area contributed by atoms with E-state index in [1.807, 2.05) is 6.92 Å². The number of para-hydroxylation sites is 1. The molecule has 0 aromatic heterocycles. The van der Waals surface area contributed by atoms with Crippen LogP contribution >= 0.6 is 0 Å². The fourth-order valence-electron chi connectivity index (χ4n) is 1.15. The van der Waals surface area contributed by atoms with E-state index < -0.39 is 0 Å². The van der Waals surface area contributed by atoms with Gasteiger partial charge in [-0.1, -0.05) is 6.07 Å². The lowest BCUT2D eigenvalue weighted by molar-refractivity contribution is 0.0208. The monoisotopic (exact) mass is 210 g/mol. The zero-order valence-corrected chi connectivity index (χ0v) is 8.86. The van der Waals surface area contributed by atoms with E-state index in [4.69, 9.17) is 14.2 Å². The number of carbonyl (C=O) groups excluding carboxylic acids is 1. The van der Waals surface area contributed by atoms with Gasteiger partial charge in [0.1, 0.15) is 0 Å². The highest BCUT2D eigenvalue weighted by Crippen LogP contribution is 2.29. The third kappa shape index (κ3) is 2.95. The Morgan fingerprint density at radius 2 is 2.20 bits per heavy atom. The van der Waals surface area contributed by atoms with E-state index in [0.717, 1.165) is 6.29 Å². The molecule has 0 radical (unpaired) electrons. The molecule has 0 aliphatic heterocycles. The highest BCUT2D eigenvalue weighted by atomic mass is 16.7. The highest BCUT2D eigenvalue weighted by molar-refractivity contribution is 5.81. The molecule has 0 atom stereocenters. The standard InChI is InChI=1S/C11H14O4/c1-3-14-8-15-10-6-4-5-9(7-12)11(10)13-2/h4-7H,3,8H2,1-2H3. The van der Waals surface area contributed by atoms with Crippen molar-refractivity contribution in [2.24, 2.45) is 0 Å². The van der Waals surface area contributed by atoms with Crippen LogP contribution in [0, 0.1) is 0 Å². The minimum absolute atomic E-state index is 0.148. The van der Waals surface area contributed by atoms with Crippen molar-refractivity contribution in [3.05, 3.63) is 23.8 Å². The summed E-state index contributed by atoms with van der Waals surface area (Å²) in [6, 6.07) is 5.12. The molecule has 0 unspecified atom stereocenters. The molecule has 0 aliphatic carbocycles. The van der Waals surface area contributed by atoms with Crippen molar-refractivity contribution in [2.75, 3.05) is 20.5 Å². The van der Waals surface area contributed by atoms with E-state index in [1.165, 1.54) is 7.11 Å². The first-order valence-electron chi connectivity index (χ1n) is 4.66. The Bertz CT molecular complexity index is 322. The smallest absolute Gasteiger partial charge is 0.189 e. The van der Waals surface area contributed by atoms with Gasteiger partial charge in [0.15, 0.2) is 24.6 Å². The topological polar surface area (TPSA) is 44.8 Å². The molecule has 82 valence electrons. The summed E-state index contributed by atoms with van der Waals surface area (Å²) in [7, 11) is 1.50. The van der Waals surface area contributed by atoms with E-state index >= 15 is 0 Å². The van der Waals surface area contributed by atoms with Gasteiger partial charge in [-0.05, 0) is 19.1 Å². The van der Waals surface area contributed by atoms with Gasteiger partial charge in [-0.2, -0.15) is 0 Å². The molecule has 1 rings (SSSR count). The van der Waals surface area contributed by atoms with E-state index in [2.05, 4.69) is 0 Å². The van der Waals surface area contributed by atoms with Crippen molar-refractivity contribution in [1.82, 2.24) is 0 Å². The summed E-state index contributed by atoms with van der Waals surface area (Å²) in [6.45, 7) is 2.60. The number of benzene rings is 1. The second-order valence-corrected chi connectivity index (χ2v) is 2.75. The molecule has 15 heavy (non-hydrogen) atoms. The lowest BCUT2D eigenvalue weighted by Crippen LogP contribution is -2.04. The number of hydrogen-bond acceptors (Lipinski definition) is 4. The Hall–Kier alpha value is -1.55. The predicted octanol–water partition coefficient (Wildman–Crippen LogP) is 1.88. The van der Waals surface area contributed by atoms with E-state index in [9.17, 15) is 4.79 Å². The Balaban J connectivity index is 2.81. The molecular formula is C11H14O4. The average Bonchev–Trinajstić information content (AvgIpc) is 2.29. The quantitative estimate of drug-likeness (QED) is 0.408. The third-order valence-corrected chi connectivity index (χ3v) is 1.84. The second kappa shape index (κ2) is 6.03. The SMILES string of the molecule is CCOCOc1cccc(C=O)c1OC. The van der Waals surface area contributed by atoms with Gasteiger partial charge in [0.2, 0.25) is 0 Å². The molecule has 0 spiro atoms. The summed E-state index contributed by atoms with van der Waals surface area (Å²) in [6.07, 6.45) is 0.729. The summed E-state index contributed by atoms with van der Waals surface area (Å²) >= 11 is 0. The molecule has 0 fully saturated rings. The van der Waals surface area contributed by atoms with Crippen LogP contribution in [0.4, 0.5) is 0 Å². The maximum atomic E-state index is 10.7. The average molecular weight is 210 g/mol. The molecule has 4 heteroatoms. The van der Waals surface area contributed by atoms with Crippen LogP contribution in [0.25, 0.3) is 0 Å². The number of aldehydes is 1. The Morgan fingerprint density at radius 3 is 2.80 bits per heavy atom. The molecule has 0 bridgehead atoms. The minimum atomic E-state index is 0.148. The first kappa shape index (κ1) is 11.5. The molecular weight excluding hydrogens is 196 g/mol. The Kier molecular flexibility index (Phi) is 4.63. The van der Waals surface area contributed by atoms with Gasteiger partial charge in [0, 0.05) is 6.61 Å². The van der Waals surface area contributed by atoms with Crippen molar-refractivity contribution in [2.45, 2.75) is 6.92 Å². The van der Waals surface area contributed by atoms with Gasteiger partial charge in [-0.25, -0.2) is 0 Å². The highest BCUT2D eigenvalue weighted by Gasteiger charge is 2.08. The summed E-state index contributed by atoms with van der Waals surface area (Å²) in [4.78, 5) is 10.7. The van der Waals surface area contributed by atoms with Crippen molar-refractivity contribution >= 4 is 6.29 Å². The number of ether oxygens (including phenoxy) is 3. The lowest BCUT2D eigenvalue weighted by atomic mass is 10.2. The van der Waals surface area contributed by atoms with Crippen molar-refractivity contribution in [1.29, 1.82) is 0 Å². The summed E-state index contributed by atoms with van der Waals surface area (Å²) < 4.78 is 15.4.